The van der Waals surface area contributed by atoms with Crippen LogP contribution in [0.2, 0.25) is 0 Å². The fourth-order valence-corrected chi connectivity index (χ4v) is 4.05. The molecule has 6 N–H and O–H groups in total. The predicted octanol–water partition coefficient (Wildman–Crippen LogP) is -0.430. The zero-order valence-electron chi connectivity index (χ0n) is 18.0. The standard InChI is InChI=1S/C21H28N6O5S/c22-21(23)24-11-4-8-17(15-28)25-19(29)14-27-12-5-9-18(20(27)30)26-33(31,32)13-10-16-6-2-1-3-7-16/h1-3,5-7,9,12,15,17,26H,4,8,10-11,13-14H2,(H,25,29)(H4,22,23,24)/t17-/m0/s1. The molecular formula is C21H28N6O5S. The number of aryl methyl sites for hydroxylation is 1. The van der Waals surface area contributed by atoms with Crippen molar-refractivity contribution in [3.05, 3.63) is 64.6 Å². The number of nitrogens with one attached hydrogen (secondary N) is 2. The van der Waals surface area contributed by atoms with Crippen LogP contribution in [0.1, 0.15) is 18.4 Å². The molecule has 0 fully saturated rings. The van der Waals surface area contributed by atoms with Crippen LogP contribution >= 0.6 is 0 Å². The molecule has 0 saturated heterocycles. The van der Waals surface area contributed by atoms with Gasteiger partial charge in [-0.2, -0.15) is 0 Å². The molecule has 1 heterocycles. The van der Waals surface area contributed by atoms with E-state index in [0.29, 0.717) is 25.7 Å². The highest BCUT2D eigenvalue weighted by Crippen LogP contribution is 2.06. The Kier molecular flexibility index (Phi) is 9.61. The number of rotatable bonds is 13. The van der Waals surface area contributed by atoms with Gasteiger partial charge in [-0.25, -0.2) is 8.42 Å². The van der Waals surface area contributed by atoms with Crippen LogP contribution in [0.15, 0.2) is 58.4 Å². The van der Waals surface area contributed by atoms with Crippen molar-refractivity contribution in [1.29, 1.82) is 0 Å². The predicted molar refractivity (Wildman–Crippen MR) is 126 cm³/mol. The summed E-state index contributed by atoms with van der Waals surface area (Å²) in [5.74, 6) is -0.830. The van der Waals surface area contributed by atoms with Crippen LogP contribution in [0.25, 0.3) is 0 Å². The van der Waals surface area contributed by atoms with Crippen molar-refractivity contribution in [2.45, 2.75) is 31.8 Å². The molecule has 1 atom stereocenters. The van der Waals surface area contributed by atoms with Gasteiger partial charge in [-0.15, -0.1) is 0 Å². The van der Waals surface area contributed by atoms with E-state index in [4.69, 9.17) is 11.5 Å². The molecule has 178 valence electrons. The lowest BCUT2D eigenvalue weighted by Gasteiger charge is -2.14. The number of nitrogens with zero attached hydrogens (tertiary/aromatic N) is 2. The maximum absolute atomic E-state index is 12.6. The summed E-state index contributed by atoms with van der Waals surface area (Å²) in [6.45, 7) is -0.0644. The number of carbonyl (C=O) groups is 2. The number of aliphatic imine (C=N–C) groups is 1. The SMILES string of the molecule is NC(N)=NCCC[C@@H](C=O)NC(=O)Cn1cccc(NS(=O)(=O)CCc2ccccc2)c1=O. The largest absolute Gasteiger partial charge is 0.370 e. The van der Waals surface area contributed by atoms with E-state index in [2.05, 4.69) is 15.0 Å². The first kappa shape index (κ1) is 25.6. The van der Waals surface area contributed by atoms with Gasteiger partial charge in [0, 0.05) is 12.7 Å². The third kappa shape index (κ3) is 9.15. The maximum Gasteiger partial charge on any atom is 0.275 e. The molecule has 0 aliphatic carbocycles. The first-order valence-corrected chi connectivity index (χ1v) is 11.9. The number of guanidine groups is 1. The molecule has 12 heteroatoms. The number of pyridine rings is 1. The molecule has 2 aromatic rings. The number of nitrogens with two attached hydrogens (primary N) is 2. The third-order valence-corrected chi connectivity index (χ3v) is 5.85. The number of hydrogen-bond acceptors (Lipinski definition) is 6. The smallest absolute Gasteiger partial charge is 0.275 e. The summed E-state index contributed by atoms with van der Waals surface area (Å²) in [6, 6.07) is 11.1. The van der Waals surface area contributed by atoms with Crippen LogP contribution in [0.5, 0.6) is 0 Å². The average Bonchev–Trinajstić information content (AvgIpc) is 2.77. The van der Waals surface area contributed by atoms with Crippen LogP contribution in [0.3, 0.4) is 0 Å². The molecule has 0 aliphatic heterocycles. The Hall–Kier alpha value is -3.67. The molecular weight excluding hydrogens is 448 g/mol. The number of benzene rings is 1. The molecule has 1 amide bonds. The van der Waals surface area contributed by atoms with Gasteiger partial charge in [-0.1, -0.05) is 30.3 Å². The third-order valence-electron chi connectivity index (χ3n) is 4.58. The van der Waals surface area contributed by atoms with Gasteiger partial charge >= 0.3 is 0 Å². The zero-order chi connectivity index (χ0) is 24.3. The summed E-state index contributed by atoms with van der Waals surface area (Å²) < 4.78 is 28.2. The highest BCUT2D eigenvalue weighted by Gasteiger charge is 2.16. The van der Waals surface area contributed by atoms with E-state index in [-0.39, 0.29) is 30.4 Å². The Morgan fingerprint density at radius 1 is 1.15 bits per heavy atom. The summed E-state index contributed by atoms with van der Waals surface area (Å²) in [7, 11) is -3.78. The molecule has 11 nitrogen and oxygen atoms in total. The summed E-state index contributed by atoms with van der Waals surface area (Å²) >= 11 is 0. The zero-order valence-corrected chi connectivity index (χ0v) is 18.8. The van der Waals surface area contributed by atoms with Crippen molar-refractivity contribution >= 4 is 33.9 Å². The molecule has 2 rings (SSSR count). The summed E-state index contributed by atoms with van der Waals surface area (Å²) in [5, 5.41) is 2.52. The van der Waals surface area contributed by atoms with E-state index >= 15 is 0 Å². The van der Waals surface area contributed by atoms with E-state index in [9.17, 15) is 22.8 Å². The Morgan fingerprint density at radius 2 is 1.88 bits per heavy atom. The van der Waals surface area contributed by atoms with Crippen molar-refractivity contribution in [3.8, 4) is 0 Å². The molecule has 0 aliphatic rings. The fourth-order valence-electron chi connectivity index (χ4n) is 2.96. The van der Waals surface area contributed by atoms with Gasteiger partial charge in [-0.05, 0) is 37.0 Å². The van der Waals surface area contributed by atoms with E-state index < -0.39 is 27.5 Å². The number of aromatic nitrogens is 1. The normalized spacial score (nSPS) is 11.9. The Balaban J connectivity index is 1.96. The van der Waals surface area contributed by atoms with E-state index in [1.807, 2.05) is 30.3 Å². The lowest BCUT2D eigenvalue weighted by molar-refractivity contribution is -0.124. The van der Waals surface area contributed by atoms with Gasteiger partial charge < -0.3 is 26.1 Å². The molecule has 0 spiro atoms. The minimum absolute atomic E-state index is 0.0587. The Morgan fingerprint density at radius 3 is 2.55 bits per heavy atom. The van der Waals surface area contributed by atoms with Crippen LogP contribution in [-0.4, -0.2) is 49.5 Å². The number of amides is 1. The summed E-state index contributed by atoms with van der Waals surface area (Å²) in [4.78, 5) is 39.9. The number of carbonyl (C=O) groups excluding carboxylic acids is 2. The first-order chi connectivity index (χ1) is 15.7. The number of aldehydes is 1. The van der Waals surface area contributed by atoms with Crippen LogP contribution in [-0.2, 0) is 32.6 Å². The van der Waals surface area contributed by atoms with Crippen LogP contribution in [0, 0.1) is 0 Å². The maximum atomic E-state index is 12.6. The highest BCUT2D eigenvalue weighted by molar-refractivity contribution is 7.92. The van der Waals surface area contributed by atoms with Crippen molar-refractivity contribution in [3.63, 3.8) is 0 Å². The van der Waals surface area contributed by atoms with Gasteiger partial charge in [-0.3, -0.25) is 19.3 Å². The van der Waals surface area contributed by atoms with Gasteiger partial charge in [0.15, 0.2) is 5.96 Å². The lowest BCUT2D eigenvalue weighted by Crippen LogP contribution is -2.40. The minimum Gasteiger partial charge on any atom is -0.370 e. The highest BCUT2D eigenvalue weighted by atomic mass is 32.2. The number of sulfonamides is 1. The minimum atomic E-state index is -3.78. The number of anilines is 1. The molecule has 0 saturated carbocycles. The Bertz CT molecular complexity index is 1130. The molecule has 1 aromatic carbocycles. The fraction of sp³-hybridized carbons (Fsp3) is 0.333. The van der Waals surface area contributed by atoms with Crippen molar-refractivity contribution in [1.82, 2.24) is 9.88 Å². The van der Waals surface area contributed by atoms with E-state index in [1.165, 1.54) is 18.3 Å². The first-order valence-electron chi connectivity index (χ1n) is 10.2. The lowest BCUT2D eigenvalue weighted by atomic mass is 10.2. The molecule has 1 aromatic heterocycles. The van der Waals surface area contributed by atoms with Gasteiger partial charge in [0.2, 0.25) is 15.9 Å². The second-order valence-corrected chi connectivity index (χ2v) is 9.11. The monoisotopic (exact) mass is 476 g/mol. The average molecular weight is 477 g/mol. The van der Waals surface area contributed by atoms with Gasteiger partial charge in [0.05, 0.1) is 11.8 Å². The molecule has 0 radical (unpaired) electrons. The van der Waals surface area contributed by atoms with Gasteiger partial charge in [0.1, 0.15) is 18.5 Å². The van der Waals surface area contributed by atoms with Crippen molar-refractivity contribution < 1.29 is 18.0 Å². The molecule has 0 unspecified atom stereocenters. The van der Waals surface area contributed by atoms with E-state index in [1.54, 1.807) is 0 Å². The molecule has 33 heavy (non-hydrogen) atoms. The van der Waals surface area contributed by atoms with Crippen LogP contribution < -0.4 is 27.1 Å². The summed E-state index contributed by atoms with van der Waals surface area (Å²) in [5.41, 5.74) is 10.5. The van der Waals surface area contributed by atoms with Gasteiger partial charge in [0.25, 0.3) is 5.56 Å². The van der Waals surface area contributed by atoms with E-state index in [0.717, 1.165) is 10.1 Å². The molecule has 0 bridgehead atoms. The van der Waals surface area contributed by atoms with Crippen molar-refractivity contribution in [2.75, 3.05) is 17.0 Å². The second-order valence-electron chi connectivity index (χ2n) is 7.27. The topological polar surface area (TPSA) is 179 Å². The summed E-state index contributed by atoms with van der Waals surface area (Å²) in [6.07, 6.45) is 3.03. The second kappa shape index (κ2) is 12.4. The number of hydrogen-bond donors (Lipinski definition) is 4. The van der Waals surface area contributed by atoms with Crippen molar-refractivity contribution in [2.24, 2.45) is 16.5 Å². The van der Waals surface area contributed by atoms with Crippen LogP contribution in [0.4, 0.5) is 5.69 Å². The quantitative estimate of drug-likeness (QED) is 0.131. The Labute approximate surface area is 191 Å².